The first-order chi connectivity index (χ1) is 16.9. The summed E-state index contributed by atoms with van der Waals surface area (Å²) in [5, 5.41) is 9.24. The number of carbonyl (C=O) groups excluding carboxylic acids is 1. The van der Waals surface area contributed by atoms with E-state index in [4.69, 9.17) is 16.7 Å². The molecule has 2 bridgehead atoms. The maximum atomic E-state index is 13.7. The monoisotopic (exact) mass is 485 g/mol. The minimum Gasteiger partial charge on any atom is -0.329 e. The number of carbonyl (C=O) groups is 1. The van der Waals surface area contributed by atoms with Gasteiger partial charge in [0, 0.05) is 27.3 Å². The Bertz CT molecular complexity index is 1310. The molecule has 1 aromatic heterocycles. The molecule has 3 aromatic rings. The van der Waals surface area contributed by atoms with Gasteiger partial charge in [-0.1, -0.05) is 66.6 Å². The van der Waals surface area contributed by atoms with E-state index in [1.54, 1.807) is 0 Å². The predicted molar refractivity (Wildman–Crippen MR) is 140 cm³/mol. The second-order valence-corrected chi connectivity index (χ2v) is 11.3. The van der Waals surface area contributed by atoms with Crippen molar-refractivity contribution in [1.82, 2.24) is 15.1 Å². The summed E-state index contributed by atoms with van der Waals surface area (Å²) in [6, 6.07) is 18.4. The van der Waals surface area contributed by atoms with Crippen LogP contribution in [-0.4, -0.2) is 15.7 Å². The van der Waals surface area contributed by atoms with Crippen LogP contribution in [0, 0.1) is 11.3 Å². The van der Waals surface area contributed by atoms with E-state index in [0.29, 0.717) is 12.5 Å². The molecule has 180 valence electrons. The topological polar surface area (TPSA) is 46.9 Å². The van der Waals surface area contributed by atoms with Crippen LogP contribution in [0.5, 0.6) is 0 Å². The number of halogens is 1. The SMILES string of the molecule is CC1=C(NC(=O)C2CCCc3c2nn(Cc2ccccc2)c3-c2ccc(Cl)cc2)C2(C)CCC1C2. The molecule has 3 aliphatic rings. The van der Waals surface area contributed by atoms with Crippen molar-refractivity contribution in [2.75, 3.05) is 0 Å². The Balaban J connectivity index is 1.38. The van der Waals surface area contributed by atoms with Crippen LogP contribution in [0.2, 0.25) is 5.02 Å². The Labute approximate surface area is 212 Å². The van der Waals surface area contributed by atoms with E-state index in [1.165, 1.54) is 41.7 Å². The van der Waals surface area contributed by atoms with Crippen molar-refractivity contribution < 1.29 is 4.79 Å². The average molecular weight is 486 g/mol. The summed E-state index contributed by atoms with van der Waals surface area (Å²) in [5.74, 6) is 0.532. The number of amides is 1. The third kappa shape index (κ3) is 3.92. The zero-order chi connectivity index (χ0) is 24.2. The number of aromatic nitrogens is 2. The zero-order valence-corrected chi connectivity index (χ0v) is 21.2. The molecule has 0 aliphatic heterocycles. The quantitative estimate of drug-likeness (QED) is 0.428. The highest BCUT2D eigenvalue weighted by molar-refractivity contribution is 6.30. The maximum absolute atomic E-state index is 13.7. The maximum Gasteiger partial charge on any atom is 0.233 e. The second kappa shape index (κ2) is 8.67. The first kappa shape index (κ1) is 22.6. The molecule has 1 N–H and O–H groups in total. The minimum atomic E-state index is -0.218. The summed E-state index contributed by atoms with van der Waals surface area (Å²) in [4.78, 5) is 13.7. The molecule has 1 heterocycles. The van der Waals surface area contributed by atoms with Crippen LogP contribution in [0.1, 0.15) is 68.7 Å². The first-order valence-electron chi connectivity index (χ1n) is 12.8. The van der Waals surface area contributed by atoms with E-state index in [9.17, 15) is 4.79 Å². The largest absolute Gasteiger partial charge is 0.329 e. The third-order valence-electron chi connectivity index (χ3n) is 8.54. The van der Waals surface area contributed by atoms with Crippen molar-refractivity contribution in [3.8, 4) is 11.3 Å². The lowest BCUT2D eigenvalue weighted by atomic mass is 9.83. The number of nitrogens with one attached hydrogen (secondary N) is 1. The highest BCUT2D eigenvalue weighted by atomic mass is 35.5. The van der Waals surface area contributed by atoms with Gasteiger partial charge >= 0.3 is 0 Å². The summed E-state index contributed by atoms with van der Waals surface area (Å²) >= 11 is 6.20. The standard InChI is InChI=1S/C30H32ClN3O/c1-19-22-15-16-30(2,17-22)28(19)32-29(35)25-10-6-9-24-26(25)33-34(18-20-7-4-3-5-8-20)27(24)21-11-13-23(31)14-12-21/h3-5,7-8,11-14,22,25H,6,9-10,15-18H2,1-2H3,(H,32,35). The third-order valence-corrected chi connectivity index (χ3v) is 8.79. The van der Waals surface area contributed by atoms with Crippen LogP contribution >= 0.6 is 11.6 Å². The highest BCUT2D eigenvalue weighted by Crippen LogP contribution is 2.56. The van der Waals surface area contributed by atoms with E-state index in [1.807, 2.05) is 18.2 Å². The van der Waals surface area contributed by atoms with E-state index in [0.717, 1.165) is 41.2 Å². The van der Waals surface area contributed by atoms with Crippen LogP contribution in [-0.2, 0) is 17.8 Å². The van der Waals surface area contributed by atoms with E-state index < -0.39 is 0 Å². The van der Waals surface area contributed by atoms with Gasteiger partial charge in [-0.3, -0.25) is 9.48 Å². The Morgan fingerprint density at radius 1 is 1.14 bits per heavy atom. The van der Waals surface area contributed by atoms with Crippen molar-refractivity contribution in [1.29, 1.82) is 0 Å². The molecule has 2 aromatic carbocycles. The molecule has 1 amide bonds. The van der Waals surface area contributed by atoms with Crippen LogP contribution in [0.4, 0.5) is 0 Å². The van der Waals surface area contributed by atoms with Gasteiger partial charge in [0.2, 0.25) is 5.91 Å². The highest BCUT2D eigenvalue weighted by Gasteiger charge is 2.47. The van der Waals surface area contributed by atoms with Gasteiger partial charge in [0.25, 0.3) is 0 Å². The molecular weight excluding hydrogens is 454 g/mol. The number of benzene rings is 2. The summed E-state index contributed by atoms with van der Waals surface area (Å²) in [6.45, 7) is 5.20. The number of rotatable bonds is 5. The Morgan fingerprint density at radius 3 is 2.63 bits per heavy atom. The van der Waals surface area contributed by atoms with Crippen LogP contribution in [0.3, 0.4) is 0 Å². The van der Waals surface area contributed by atoms with Crippen molar-refractivity contribution in [3.63, 3.8) is 0 Å². The molecule has 3 unspecified atom stereocenters. The number of hydrogen-bond acceptors (Lipinski definition) is 2. The fourth-order valence-corrected chi connectivity index (χ4v) is 6.82. The van der Waals surface area contributed by atoms with Crippen molar-refractivity contribution in [3.05, 3.63) is 87.7 Å². The van der Waals surface area contributed by atoms with Gasteiger partial charge in [0.05, 0.1) is 23.9 Å². The predicted octanol–water partition coefficient (Wildman–Crippen LogP) is 6.88. The van der Waals surface area contributed by atoms with Gasteiger partial charge in [-0.25, -0.2) is 0 Å². The van der Waals surface area contributed by atoms with E-state index in [2.05, 4.69) is 60.2 Å². The number of hydrogen-bond donors (Lipinski definition) is 1. The lowest BCUT2D eigenvalue weighted by Gasteiger charge is -2.29. The van der Waals surface area contributed by atoms with Crippen LogP contribution in [0.15, 0.2) is 65.9 Å². The van der Waals surface area contributed by atoms with Crippen LogP contribution in [0.25, 0.3) is 11.3 Å². The Morgan fingerprint density at radius 2 is 1.91 bits per heavy atom. The molecule has 0 radical (unpaired) electrons. The number of nitrogens with zero attached hydrogens (tertiary/aromatic N) is 2. The molecule has 3 aliphatic carbocycles. The normalized spacial score (nSPS) is 25.1. The van der Waals surface area contributed by atoms with Gasteiger partial charge in [0.1, 0.15) is 0 Å². The Kier molecular flexibility index (Phi) is 5.60. The molecule has 0 saturated heterocycles. The van der Waals surface area contributed by atoms with Crippen molar-refractivity contribution in [2.45, 2.75) is 64.8 Å². The molecule has 1 fully saturated rings. The van der Waals surface area contributed by atoms with Crippen molar-refractivity contribution in [2.24, 2.45) is 11.3 Å². The zero-order valence-electron chi connectivity index (χ0n) is 20.5. The molecule has 6 rings (SSSR count). The van der Waals surface area contributed by atoms with E-state index in [-0.39, 0.29) is 17.2 Å². The number of allylic oxidation sites excluding steroid dienone is 2. The summed E-state index contributed by atoms with van der Waals surface area (Å²) < 4.78 is 2.10. The fourth-order valence-electron chi connectivity index (χ4n) is 6.70. The molecule has 3 atom stereocenters. The molecule has 0 spiro atoms. The van der Waals surface area contributed by atoms with Gasteiger partial charge < -0.3 is 5.32 Å². The minimum absolute atomic E-state index is 0.112. The van der Waals surface area contributed by atoms with Gasteiger partial charge in [0.15, 0.2) is 0 Å². The van der Waals surface area contributed by atoms with Crippen LogP contribution < -0.4 is 5.32 Å². The molecule has 5 heteroatoms. The van der Waals surface area contributed by atoms with E-state index >= 15 is 0 Å². The summed E-state index contributed by atoms with van der Waals surface area (Å²) in [5.41, 5.74) is 8.26. The van der Waals surface area contributed by atoms with Crippen molar-refractivity contribution >= 4 is 17.5 Å². The summed E-state index contributed by atoms with van der Waals surface area (Å²) in [7, 11) is 0. The number of fused-ring (bicyclic) bond motifs is 3. The molecule has 35 heavy (non-hydrogen) atoms. The summed E-state index contributed by atoms with van der Waals surface area (Å²) in [6.07, 6.45) is 6.37. The van der Waals surface area contributed by atoms with Gasteiger partial charge in [-0.2, -0.15) is 5.10 Å². The smallest absolute Gasteiger partial charge is 0.233 e. The lowest BCUT2D eigenvalue weighted by molar-refractivity contribution is -0.122. The molecule has 4 nitrogen and oxygen atoms in total. The first-order valence-corrected chi connectivity index (χ1v) is 13.2. The Hall–Kier alpha value is -2.85. The lowest BCUT2D eigenvalue weighted by Crippen LogP contribution is -2.36. The second-order valence-electron chi connectivity index (χ2n) is 10.9. The fraction of sp³-hybridized carbons (Fsp3) is 0.400. The molecule has 1 saturated carbocycles. The average Bonchev–Trinajstić information content (AvgIpc) is 3.50. The van der Waals surface area contributed by atoms with Gasteiger partial charge in [-0.15, -0.1) is 0 Å². The molecular formula is C30H32ClN3O. The van der Waals surface area contributed by atoms with Gasteiger partial charge in [-0.05, 0) is 69.1 Å².